The summed E-state index contributed by atoms with van der Waals surface area (Å²) in [7, 11) is 0. The summed E-state index contributed by atoms with van der Waals surface area (Å²) < 4.78 is 6.42. The second-order valence-electron chi connectivity index (χ2n) is 10.0. The van der Waals surface area contributed by atoms with Crippen LogP contribution in [0, 0.1) is 23.7 Å². The lowest BCUT2D eigenvalue weighted by molar-refractivity contribution is -0.166. The third-order valence-electron chi connectivity index (χ3n) is 8.11. The summed E-state index contributed by atoms with van der Waals surface area (Å²) >= 11 is 0. The molecule has 0 spiro atoms. The van der Waals surface area contributed by atoms with Gasteiger partial charge in [-0.3, -0.25) is 4.79 Å². The highest BCUT2D eigenvalue weighted by Gasteiger charge is 2.47. The second-order valence-corrected chi connectivity index (χ2v) is 10.0. The van der Waals surface area contributed by atoms with Crippen LogP contribution in [0.2, 0.25) is 0 Å². The Morgan fingerprint density at radius 3 is 2.18 bits per heavy atom. The summed E-state index contributed by atoms with van der Waals surface area (Å²) in [6.45, 7) is 3.82. The topological polar surface area (TPSA) is 70.0 Å². The molecule has 0 aromatic rings. The zero-order valence-corrected chi connectivity index (χ0v) is 17.5. The quantitative estimate of drug-likeness (QED) is 0.770. The Hall–Kier alpha value is -0.650. The van der Waals surface area contributed by atoms with E-state index in [2.05, 4.69) is 6.92 Å². The van der Waals surface area contributed by atoms with E-state index in [0.717, 1.165) is 13.1 Å². The summed E-state index contributed by atoms with van der Waals surface area (Å²) in [6, 6.07) is 0. The van der Waals surface area contributed by atoms with Gasteiger partial charge in [-0.05, 0) is 50.4 Å². The average molecular weight is 394 g/mol. The van der Waals surface area contributed by atoms with E-state index in [1.165, 1.54) is 57.8 Å². The first-order valence-corrected chi connectivity index (χ1v) is 11.8. The molecule has 1 saturated heterocycles. The van der Waals surface area contributed by atoms with E-state index in [-0.39, 0.29) is 24.5 Å². The average Bonchev–Trinajstić information content (AvgIpc) is 3.12. The lowest BCUT2D eigenvalue weighted by Crippen LogP contribution is -2.52. The number of aliphatic hydroxyl groups excluding tert-OH is 2. The Morgan fingerprint density at radius 1 is 0.929 bits per heavy atom. The highest BCUT2D eigenvalue weighted by Crippen LogP contribution is 2.39. The highest BCUT2D eigenvalue weighted by molar-refractivity contribution is 5.80. The van der Waals surface area contributed by atoms with E-state index >= 15 is 0 Å². The summed E-state index contributed by atoms with van der Waals surface area (Å²) in [5.41, 5.74) is 0. The molecule has 4 rings (SSSR count). The molecule has 7 unspecified atom stereocenters. The largest absolute Gasteiger partial charge is 0.393 e. The van der Waals surface area contributed by atoms with E-state index in [0.29, 0.717) is 24.2 Å². The van der Waals surface area contributed by atoms with Crippen molar-refractivity contribution in [2.45, 2.75) is 102 Å². The number of hydrogen-bond acceptors (Lipinski definition) is 4. The highest BCUT2D eigenvalue weighted by atomic mass is 16.5. The van der Waals surface area contributed by atoms with Gasteiger partial charge in [-0.25, -0.2) is 0 Å². The van der Waals surface area contributed by atoms with Crippen LogP contribution in [-0.4, -0.2) is 58.5 Å². The first-order chi connectivity index (χ1) is 13.5. The number of carbonyl (C=O) groups is 1. The molecule has 0 aromatic carbocycles. The van der Waals surface area contributed by atoms with Gasteiger partial charge >= 0.3 is 0 Å². The fraction of sp³-hybridized carbons (Fsp3) is 0.957. The Labute approximate surface area is 169 Å². The molecule has 3 saturated carbocycles. The summed E-state index contributed by atoms with van der Waals surface area (Å²) in [5, 5.41) is 21.0. The maximum atomic E-state index is 13.4. The molecule has 5 nitrogen and oxygen atoms in total. The summed E-state index contributed by atoms with van der Waals surface area (Å²) in [5.74, 6) is 1.37. The molecular weight excluding hydrogens is 354 g/mol. The van der Waals surface area contributed by atoms with Gasteiger partial charge in [0.05, 0.1) is 30.3 Å². The third-order valence-corrected chi connectivity index (χ3v) is 8.11. The molecule has 3 aliphatic carbocycles. The van der Waals surface area contributed by atoms with Crippen LogP contribution in [0.3, 0.4) is 0 Å². The molecule has 5 heteroatoms. The summed E-state index contributed by atoms with van der Waals surface area (Å²) in [6.07, 6.45) is 10.3. The molecule has 4 aliphatic rings. The number of carbonyl (C=O) groups excluding carboxylic acids is 1. The van der Waals surface area contributed by atoms with Crippen molar-refractivity contribution >= 4 is 5.91 Å². The van der Waals surface area contributed by atoms with E-state index in [1.807, 2.05) is 4.90 Å². The molecule has 1 aliphatic heterocycles. The van der Waals surface area contributed by atoms with Crippen LogP contribution in [-0.2, 0) is 9.53 Å². The molecule has 2 N–H and O–H groups in total. The zero-order valence-electron chi connectivity index (χ0n) is 17.5. The fourth-order valence-electron chi connectivity index (χ4n) is 6.43. The van der Waals surface area contributed by atoms with Crippen LogP contribution < -0.4 is 0 Å². The lowest BCUT2D eigenvalue weighted by Gasteiger charge is -2.41. The zero-order chi connectivity index (χ0) is 19.7. The summed E-state index contributed by atoms with van der Waals surface area (Å²) in [4.78, 5) is 15.4. The smallest absolute Gasteiger partial charge is 0.230 e. The van der Waals surface area contributed by atoms with Gasteiger partial charge in [0, 0.05) is 25.9 Å². The number of rotatable bonds is 4. The monoisotopic (exact) mass is 393 g/mol. The van der Waals surface area contributed by atoms with Gasteiger partial charge in [-0.15, -0.1) is 0 Å². The number of ether oxygens (including phenoxy) is 1. The maximum absolute atomic E-state index is 13.4. The van der Waals surface area contributed by atoms with Crippen molar-refractivity contribution in [3.05, 3.63) is 0 Å². The number of nitrogens with zero attached hydrogens (tertiary/aromatic N) is 1. The van der Waals surface area contributed by atoms with E-state index < -0.39 is 18.1 Å². The number of amides is 1. The number of likely N-dealkylation sites (tertiary alicyclic amines) is 1. The molecule has 0 bridgehead atoms. The molecule has 1 heterocycles. The first-order valence-electron chi connectivity index (χ1n) is 11.8. The minimum atomic E-state index is -0.803. The van der Waals surface area contributed by atoms with Gasteiger partial charge in [0.2, 0.25) is 5.91 Å². The van der Waals surface area contributed by atoms with Gasteiger partial charge < -0.3 is 19.8 Å². The number of hydrogen-bond donors (Lipinski definition) is 2. The Balaban J connectivity index is 1.43. The van der Waals surface area contributed by atoms with E-state index in [1.54, 1.807) is 0 Å². The van der Waals surface area contributed by atoms with Gasteiger partial charge in [0.25, 0.3) is 0 Å². The van der Waals surface area contributed by atoms with E-state index in [4.69, 9.17) is 4.74 Å². The SMILES string of the molecule is CC(OC1CC(O)CC(O)C1C(=O)N1CC2CCCCC2C1)C1CCCCC1. The standard InChI is InChI=1S/C23H39NO4/c1-15(16-7-3-2-4-8-16)28-21-12-19(25)11-20(26)22(21)23(27)24-13-17-9-5-6-10-18(17)14-24/h15-22,25-26H,2-14H2,1H3. The van der Waals surface area contributed by atoms with Crippen molar-refractivity contribution < 1.29 is 19.7 Å². The Kier molecular flexibility index (Phi) is 6.63. The van der Waals surface area contributed by atoms with E-state index in [9.17, 15) is 15.0 Å². The maximum Gasteiger partial charge on any atom is 0.230 e. The molecule has 4 fully saturated rings. The molecule has 0 aromatic heterocycles. The van der Waals surface area contributed by atoms with Crippen LogP contribution >= 0.6 is 0 Å². The predicted octanol–water partition coefficient (Wildman–Crippen LogP) is 3.12. The first kappa shape index (κ1) is 20.6. The predicted molar refractivity (Wildman–Crippen MR) is 108 cm³/mol. The molecular formula is C23H39NO4. The fourth-order valence-corrected chi connectivity index (χ4v) is 6.43. The Bertz CT molecular complexity index is 521. The van der Waals surface area contributed by atoms with Crippen molar-refractivity contribution in [2.24, 2.45) is 23.7 Å². The molecule has 1 amide bonds. The minimum Gasteiger partial charge on any atom is -0.393 e. The third kappa shape index (κ3) is 4.41. The second kappa shape index (κ2) is 9.01. The number of fused-ring (bicyclic) bond motifs is 1. The molecule has 0 radical (unpaired) electrons. The normalized spacial score (nSPS) is 40.9. The van der Waals surface area contributed by atoms with Crippen molar-refractivity contribution in [1.82, 2.24) is 4.90 Å². The Morgan fingerprint density at radius 2 is 1.54 bits per heavy atom. The van der Waals surface area contributed by atoms with Crippen LogP contribution in [0.4, 0.5) is 0 Å². The van der Waals surface area contributed by atoms with Crippen molar-refractivity contribution in [1.29, 1.82) is 0 Å². The minimum absolute atomic E-state index is 0.0645. The van der Waals surface area contributed by atoms with Gasteiger partial charge in [0.15, 0.2) is 0 Å². The van der Waals surface area contributed by atoms with Crippen molar-refractivity contribution in [2.75, 3.05) is 13.1 Å². The van der Waals surface area contributed by atoms with Gasteiger partial charge in [-0.1, -0.05) is 32.1 Å². The molecule has 160 valence electrons. The van der Waals surface area contributed by atoms with Gasteiger partial charge in [0.1, 0.15) is 0 Å². The van der Waals surface area contributed by atoms with Crippen LogP contribution in [0.25, 0.3) is 0 Å². The molecule has 7 atom stereocenters. The molecule has 28 heavy (non-hydrogen) atoms. The van der Waals surface area contributed by atoms with Crippen molar-refractivity contribution in [3.63, 3.8) is 0 Å². The van der Waals surface area contributed by atoms with Crippen LogP contribution in [0.5, 0.6) is 0 Å². The van der Waals surface area contributed by atoms with Gasteiger partial charge in [-0.2, -0.15) is 0 Å². The van der Waals surface area contributed by atoms with Crippen molar-refractivity contribution in [3.8, 4) is 0 Å². The van der Waals surface area contributed by atoms with Crippen LogP contribution in [0.1, 0.15) is 77.6 Å². The van der Waals surface area contributed by atoms with Crippen LogP contribution in [0.15, 0.2) is 0 Å². The number of aliphatic hydroxyl groups is 2. The lowest BCUT2D eigenvalue weighted by atomic mass is 9.80.